The second-order valence-electron chi connectivity index (χ2n) is 8.33. The van der Waals surface area contributed by atoms with Gasteiger partial charge in [0.05, 0.1) is 0 Å². The number of hydrogen-bond donors (Lipinski definition) is 0. The molecule has 0 aromatic carbocycles. The van der Waals surface area contributed by atoms with Crippen LogP contribution in [0.2, 0.25) is 0 Å². The Balaban J connectivity index is 2.80. The summed E-state index contributed by atoms with van der Waals surface area (Å²) >= 11 is 6.66. The van der Waals surface area contributed by atoms with Gasteiger partial charge in [-0.05, 0) is 81.9 Å². The second-order valence-corrected chi connectivity index (χ2v) is 8.71. The van der Waals surface area contributed by atoms with E-state index in [1.807, 2.05) is 19.1 Å². The minimum Gasteiger partial charge on any atom is -0.125 e. The zero-order chi connectivity index (χ0) is 19.2. The summed E-state index contributed by atoms with van der Waals surface area (Å²) in [7, 11) is 0. The molecule has 25 heavy (non-hydrogen) atoms. The van der Waals surface area contributed by atoms with Crippen molar-refractivity contribution in [1.29, 1.82) is 0 Å². The highest BCUT2D eigenvalue weighted by Gasteiger charge is 2.32. The highest BCUT2D eigenvalue weighted by molar-refractivity contribution is 6.32. The standard InChI is InChI=1S/C24H35Cl/c1-9-10-11-22(17(2)3)23(25)19(5)14-18(4)12-13-21-15-20(6)24(7,8)16-21/h9,11-13,18,21H,6,14-16H2,1-5,7-8H3/b13-12+,23-19-. The molecule has 1 heteroatoms. The summed E-state index contributed by atoms with van der Waals surface area (Å²) in [6, 6.07) is 0. The van der Waals surface area contributed by atoms with Gasteiger partial charge in [-0.3, -0.25) is 0 Å². The first kappa shape index (κ1) is 21.8. The van der Waals surface area contributed by atoms with Crippen LogP contribution in [0.15, 0.2) is 63.9 Å². The van der Waals surface area contributed by atoms with Gasteiger partial charge in [-0.1, -0.05) is 67.8 Å². The molecular weight excluding hydrogens is 324 g/mol. The van der Waals surface area contributed by atoms with Crippen molar-refractivity contribution >= 4 is 11.6 Å². The first-order valence-corrected chi connectivity index (χ1v) is 9.73. The third kappa shape index (κ3) is 6.53. The van der Waals surface area contributed by atoms with Crippen molar-refractivity contribution in [3.8, 4) is 0 Å². The molecule has 1 fully saturated rings. The molecule has 0 radical (unpaired) electrons. The first-order chi connectivity index (χ1) is 11.6. The SMILES string of the molecule is C=C1CC(/C=C/C(C)C/C(C)=C(\Cl)C(C=C=CC)=C(C)C)CC1(C)C. The lowest BCUT2D eigenvalue weighted by Crippen LogP contribution is -2.06. The van der Waals surface area contributed by atoms with E-state index in [9.17, 15) is 0 Å². The number of rotatable bonds is 6. The van der Waals surface area contributed by atoms with Gasteiger partial charge in [0, 0.05) is 5.03 Å². The number of allylic oxidation sites excluding steroid dienone is 8. The van der Waals surface area contributed by atoms with Crippen LogP contribution in [0.4, 0.5) is 0 Å². The molecule has 1 aliphatic carbocycles. The van der Waals surface area contributed by atoms with Crippen LogP contribution in [0.3, 0.4) is 0 Å². The van der Waals surface area contributed by atoms with E-state index in [4.69, 9.17) is 11.6 Å². The van der Waals surface area contributed by atoms with Crippen LogP contribution in [0.5, 0.6) is 0 Å². The molecule has 0 spiro atoms. The first-order valence-electron chi connectivity index (χ1n) is 9.35. The third-order valence-electron chi connectivity index (χ3n) is 5.12. The zero-order valence-corrected chi connectivity index (χ0v) is 17.9. The summed E-state index contributed by atoms with van der Waals surface area (Å²) in [6.07, 6.45) is 12.0. The van der Waals surface area contributed by atoms with Gasteiger partial charge in [-0.15, -0.1) is 5.73 Å². The lowest BCUT2D eigenvalue weighted by molar-refractivity contribution is 0.435. The average Bonchev–Trinajstić information content (AvgIpc) is 2.77. The quantitative estimate of drug-likeness (QED) is 0.255. The Labute approximate surface area is 160 Å². The normalized spacial score (nSPS) is 21.6. The predicted octanol–water partition coefficient (Wildman–Crippen LogP) is 8.14. The van der Waals surface area contributed by atoms with E-state index in [2.05, 4.69) is 66.0 Å². The summed E-state index contributed by atoms with van der Waals surface area (Å²) in [4.78, 5) is 0. The molecule has 0 heterocycles. The van der Waals surface area contributed by atoms with Crippen LogP contribution < -0.4 is 0 Å². The van der Waals surface area contributed by atoms with Gasteiger partial charge in [0.2, 0.25) is 0 Å². The molecule has 0 nitrogen and oxygen atoms in total. The van der Waals surface area contributed by atoms with Gasteiger partial charge in [-0.25, -0.2) is 0 Å². The Bertz CT molecular complexity index is 642. The molecular formula is C24H35Cl. The Morgan fingerprint density at radius 3 is 2.48 bits per heavy atom. The van der Waals surface area contributed by atoms with Crippen LogP contribution >= 0.6 is 11.6 Å². The smallest absolute Gasteiger partial charge is 0.0473 e. The highest BCUT2D eigenvalue weighted by atomic mass is 35.5. The van der Waals surface area contributed by atoms with E-state index in [-0.39, 0.29) is 5.41 Å². The summed E-state index contributed by atoms with van der Waals surface area (Å²) in [5.74, 6) is 1.12. The molecule has 0 aromatic rings. The van der Waals surface area contributed by atoms with E-state index < -0.39 is 0 Å². The van der Waals surface area contributed by atoms with Crippen LogP contribution in [0.1, 0.15) is 67.7 Å². The summed E-state index contributed by atoms with van der Waals surface area (Å²) in [5, 5.41) is 0.866. The van der Waals surface area contributed by atoms with Crippen molar-refractivity contribution in [2.45, 2.75) is 67.7 Å². The molecule has 0 amide bonds. The van der Waals surface area contributed by atoms with Gasteiger partial charge in [-0.2, -0.15) is 0 Å². The zero-order valence-electron chi connectivity index (χ0n) is 17.2. The summed E-state index contributed by atoms with van der Waals surface area (Å²) in [5.41, 5.74) is 8.36. The third-order valence-corrected chi connectivity index (χ3v) is 5.65. The molecule has 2 unspecified atom stereocenters. The van der Waals surface area contributed by atoms with E-state index in [1.165, 1.54) is 23.1 Å². The fourth-order valence-corrected chi connectivity index (χ4v) is 3.73. The Kier molecular flexibility index (Phi) is 8.26. The van der Waals surface area contributed by atoms with Crippen molar-refractivity contribution in [2.24, 2.45) is 17.3 Å². The molecule has 0 N–H and O–H groups in total. The van der Waals surface area contributed by atoms with Crippen molar-refractivity contribution in [2.75, 3.05) is 0 Å². The van der Waals surface area contributed by atoms with E-state index in [0.717, 1.165) is 23.4 Å². The van der Waals surface area contributed by atoms with Crippen molar-refractivity contribution < 1.29 is 0 Å². The van der Waals surface area contributed by atoms with Crippen LogP contribution in [-0.4, -0.2) is 0 Å². The maximum Gasteiger partial charge on any atom is 0.0473 e. The van der Waals surface area contributed by atoms with Gasteiger partial charge in [0.1, 0.15) is 0 Å². The Hall–Kier alpha value is -1.23. The minimum atomic E-state index is 0.287. The monoisotopic (exact) mass is 358 g/mol. The average molecular weight is 359 g/mol. The summed E-state index contributed by atoms with van der Waals surface area (Å²) in [6.45, 7) is 19.4. The predicted molar refractivity (Wildman–Crippen MR) is 114 cm³/mol. The molecule has 0 saturated heterocycles. The highest BCUT2D eigenvalue weighted by Crippen LogP contribution is 2.45. The van der Waals surface area contributed by atoms with Crippen LogP contribution in [0, 0.1) is 17.3 Å². The summed E-state index contributed by atoms with van der Waals surface area (Å²) < 4.78 is 0. The molecule has 2 atom stereocenters. The van der Waals surface area contributed by atoms with E-state index in [1.54, 1.807) is 0 Å². The van der Waals surface area contributed by atoms with Crippen molar-refractivity contribution in [1.82, 2.24) is 0 Å². The van der Waals surface area contributed by atoms with Gasteiger partial charge in [0.25, 0.3) is 0 Å². The molecule has 1 saturated carbocycles. The maximum absolute atomic E-state index is 6.66. The number of hydrogen-bond acceptors (Lipinski definition) is 0. The second kappa shape index (κ2) is 9.46. The molecule has 138 valence electrons. The van der Waals surface area contributed by atoms with Gasteiger partial charge >= 0.3 is 0 Å². The fraction of sp³-hybridized carbons (Fsp3) is 0.542. The molecule has 0 bridgehead atoms. The number of halogens is 1. The topological polar surface area (TPSA) is 0 Å². The fourth-order valence-electron chi connectivity index (χ4n) is 3.41. The van der Waals surface area contributed by atoms with Gasteiger partial charge in [0.15, 0.2) is 0 Å². The molecule has 0 aromatic heterocycles. The van der Waals surface area contributed by atoms with Crippen LogP contribution in [0.25, 0.3) is 0 Å². The lowest BCUT2D eigenvalue weighted by Gasteiger charge is -2.18. The van der Waals surface area contributed by atoms with Gasteiger partial charge < -0.3 is 0 Å². The minimum absolute atomic E-state index is 0.287. The molecule has 1 rings (SSSR count). The Morgan fingerprint density at radius 1 is 1.36 bits per heavy atom. The van der Waals surface area contributed by atoms with E-state index in [0.29, 0.717) is 11.8 Å². The van der Waals surface area contributed by atoms with Crippen LogP contribution in [-0.2, 0) is 0 Å². The lowest BCUT2D eigenvalue weighted by atomic mass is 9.87. The maximum atomic E-state index is 6.66. The Morgan fingerprint density at radius 2 is 2.00 bits per heavy atom. The van der Waals surface area contributed by atoms with Crippen molar-refractivity contribution in [3.05, 3.63) is 63.9 Å². The largest absolute Gasteiger partial charge is 0.125 e. The van der Waals surface area contributed by atoms with Crippen molar-refractivity contribution in [3.63, 3.8) is 0 Å². The van der Waals surface area contributed by atoms with E-state index >= 15 is 0 Å². The molecule has 1 aliphatic rings. The molecule has 0 aliphatic heterocycles.